The van der Waals surface area contributed by atoms with Crippen LogP contribution >= 0.6 is 11.6 Å². The number of rotatable bonds is 3. The van der Waals surface area contributed by atoms with Gasteiger partial charge in [-0.05, 0) is 47.0 Å². The predicted octanol–water partition coefficient (Wildman–Crippen LogP) is 11.1. The van der Waals surface area contributed by atoms with Crippen molar-refractivity contribution >= 4 is 55.5 Å². The van der Waals surface area contributed by atoms with E-state index in [1.54, 1.807) is 0 Å². The van der Waals surface area contributed by atoms with Crippen LogP contribution in [0.1, 0.15) is 0 Å². The zero-order valence-electron chi connectivity index (χ0n) is 20.8. The molecule has 2 nitrogen and oxygen atoms in total. The van der Waals surface area contributed by atoms with Crippen LogP contribution < -0.4 is 0 Å². The first-order chi connectivity index (χ1) is 19.3. The van der Waals surface area contributed by atoms with Gasteiger partial charge in [0.1, 0.15) is 22.3 Å². The fourth-order valence-electron chi connectivity index (χ4n) is 5.74. The minimum absolute atomic E-state index is 0.661. The highest BCUT2D eigenvalue weighted by atomic mass is 35.5. The Hall–Kier alpha value is -4.79. The van der Waals surface area contributed by atoms with Crippen LogP contribution in [0.3, 0.4) is 0 Å². The molecule has 0 bridgehead atoms. The van der Waals surface area contributed by atoms with Crippen molar-refractivity contribution in [1.82, 2.24) is 0 Å². The molecule has 0 unspecified atom stereocenters. The summed E-state index contributed by atoms with van der Waals surface area (Å²) in [4.78, 5) is 0. The molecule has 0 fully saturated rings. The molecule has 0 saturated heterocycles. The lowest BCUT2D eigenvalue weighted by atomic mass is 9.95. The lowest BCUT2D eigenvalue weighted by molar-refractivity contribution is 0.665. The van der Waals surface area contributed by atoms with Gasteiger partial charge >= 0.3 is 0 Å². The summed E-state index contributed by atoms with van der Waals surface area (Å²) in [7, 11) is 0. The first kappa shape index (κ1) is 22.2. The molecule has 0 N–H and O–H groups in total. The Morgan fingerprint density at radius 3 is 1.90 bits per heavy atom. The molecule has 2 heterocycles. The SMILES string of the molecule is Clc1ccc(-c2cccc3c2oc2ccccc23)c2oc3c(-c4ccccc4)cc(-c4ccccc4)cc3c12. The van der Waals surface area contributed by atoms with Crippen LogP contribution in [0.2, 0.25) is 5.02 Å². The van der Waals surface area contributed by atoms with Crippen molar-refractivity contribution in [2.45, 2.75) is 0 Å². The van der Waals surface area contributed by atoms with Crippen LogP contribution in [-0.2, 0) is 0 Å². The third kappa shape index (κ3) is 3.42. The Morgan fingerprint density at radius 2 is 1.08 bits per heavy atom. The number of fused-ring (bicyclic) bond motifs is 6. The smallest absolute Gasteiger partial charge is 0.144 e. The molecule has 0 aliphatic heterocycles. The topological polar surface area (TPSA) is 26.3 Å². The average Bonchev–Trinajstić information content (AvgIpc) is 3.57. The van der Waals surface area contributed by atoms with E-state index in [1.165, 1.54) is 0 Å². The molecule has 0 aliphatic carbocycles. The van der Waals surface area contributed by atoms with Crippen molar-refractivity contribution in [3.8, 4) is 33.4 Å². The normalized spacial score (nSPS) is 11.7. The van der Waals surface area contributed by atoms with Gasteiger partial charge in [0, 0.05) is 38.2 Å². The van der Waals surface area contributed by atoms with Gasteiger partial charge < -0.3 is 8.83 Å². The highest BCUT2D eigenvalue weighted by Gasteiger charge is 2.22. The van der Waals surface area contributed by atoms with Crippen molar-refractivity contribution in [2.24, 2.45) is 0 Å². The van der Waals surface area contributed by atoms with Crippen molar-refractivity contribution in [2.75, 3.05) is 0 Å². The number of furan rings is 2. The van der Waals surface area contributed by atoms with Gasteiger partial charge in [0.25, 0.3) is 0 Å². The Balaban J connectivity index is 1.48. The molecule has 184 valence electrons. The van der Waals surface area contributed by atoms with Crippen LogP contribution in [0.25, 0.3) is 77.3 Å². The number of hydrogen-bond donors (Lipinski definition) is 0. The first-order valence-electron chi connectivity index (χ1n) is 13.0. The zero-order chi connectivity index (χ0) is 25.9. The van der Waals surface area contributed by atoms with Gasteiger partial charge in [0.05, 0.1) is 5.02 Å². The van der Waals surface area contributed by atoms with Gasteiger partial charge in [-0.2, -0.15) is 0 Å². The Kier molecular flexibility index (Phi) is 4.91. The monoisotopic (exact) mass is 520 g/mol. The summed E-state index contributed by atoms with van der Waals surface area (Å²) >= 11 is 6.93. The molecule has 0 aliphatic rings. The molecule has 0 atom stereocenters. The molecule has 0 saturated carbocycles. The standard InChI is InChI=1S/C36H21ClO2/c37-31-19-18-28(27-16-9-15-26-25-14-7-8-17-32(25)38-34(26)27)36-33(31)30-21-24(22-10-3-1-4-11-22)20-29(35(30)39-36)23-12-5-2-6-13-23/h1-21H. The maximum Gasteiger partial charge on any atom is 0.144 e. The Labute approximate surface area is 229 Å². The van der Waals surface area contributed by atoms with Gasteiger partial charge in [-0.1, -0.05) is 109 Å². The summed E-state index contributed by atoms with van der Waals surface area (Å²) in [5, 5.41) is 4.75. The molecule has 3 heteroatoms. The van der Waals surface area contributed by atoms with Crippen molar-refractivity contribution in [1.29, 1.82) is 0 Å². The minimum atomic E-state index is 0.661. The maximum absolute atomic E-state index is 6.93. The van der Waals surface area contributed by atoms with E-state index in [1.807, 2.05) is 42.5 Å². The molecule has 0 amide bonds. The largest absolute Gasteiger partial charge is 0.455 e. The number of hydrogen-bond acceptors (Lipinski definition) is 2. The minimum Gasteiger partial charge on any atom is -0.455 e. The van der Waals surface area contributed by atoms with Crippen LogP contribution in [-0.4, -0.2) is 0 Å². The fraction of sp³-hybridized carbons (Fsp3) is 0. The number of para-hydroxylation sites is 2. The molecule has 6 aromatic carbocycles. The third-order valence-electron chi connectivity index (χ3n) is 7.56. The molecule has 8 rings (SSSR count). The summed E-state index contributed by atoms with van der Waals surface area (Å²) in [5.41, 5.74) is 9.61. The summed E-state index contributed by atoms with van der Waals surface area (Å²) in [6.45, 7) is 0. The second kappa shape index (κ2) is 8.62. The van der Waals surface area contributed by atoms with E-state index in [4.69, 9.17) is 20.4 Å². The van der Waals surface area contributed by atoms with Crippen LogP contribution in [0, 0.1) is 0 Å². The first-order valence-corrected chi connectivity index (χ1v) is 13.3. The summed E-state index contributed by atoms with van der Waals surface area (Å²) < 4.78 is 13.2. The van der Waals surface area contributed by atoms with Crippen molar-refractivity contribution in [3.05, 3.63) is 132 Å². The van der Waals surface area contributed by atoms with E-state index >= 15 is 0 Å². The predicted molar refractivity (Wildman–Crippen MR) is 162 cm³/mol. The molecular weight excluding hydrogens is 500 g/mol. The van der Waals surface area contributed by atoms with E-state index in [0.29, 0.717) is 5.02 Å². The van der Waals surface area contributed by atoms with Gasteiger partial charge in [-0.25, -0.2) is 0 Å². The molecular formula is C36H21ClO2. The van der Waals surface area contributed by atoms with Crippen molar-refractivity contribution in [3.63, 3.8) is 0 Å². The second-order valence-electron chi connectivity index (χ2n) is 9.81. The van der Waals surface area contributed by atoms with Crippen molar-refractivity contribution < 1.29 is 8.83 Å². The summed E-state index contributed by atoms with van der Waals surface area (Å²) in [5.74, 6) is 0. The Morgan fingerprint density at radius 1 is 0.410 bits per heavy atom. The van der Waals surface area contributed by atoms with E-state index in [9.17, 15) is 0 Å². The van der Waals surface area contributed by atoms with Gasteiger partial charge in [0.2, 0.25) is 0 Å². The highest BCUT2D eigenvalue weighted by molar-refractivity contribution is 6.39. The van der Waals surface area contributed by atoms with Crippen LogP contribution in [0.4, 0.5) is 0 Å². The average molecular weight is 521 g/mol. The van der Waals surface area contributed by atoms with Gasteiger partial charge in [0.15, 0.2) is 0 Å². The third-order valence-corrected chi connectivity index (χ3v) is 7.87. The molecule has 0 spiro atoms. The highest BCUT2D eigenvalue weighted by Crippen LogP contribution is 2.46. The van der Waals surface area contributed by atoms with Crippen LogP contribution in [0.5, 0.6) is 0 Å². The number of benzene rings is 6. The van der Waals surface area contributed by atoms with Gasteiger partial charge in [-0.3, -0.25) is 0 Å². The Bertz CT molecular complexity index is 2170. The molecule has 2 aromatic heterocycles. The van der Waals surface area contributed by atoms with E-state index < -0.39 is 0 Å². The quantitative estimate of drug-likeness (QED) is 0.231. The number of halogens is 1. The van der Waals surface area contributed by atoms with Crippen LogP contribution in [0.15, 0.2) is 136 Å². The van der Waals surface area contributed by atoms with E-state index in [0.717, 1.165) is 77.3 Å². The summed E-state index contributed by atoms with van der Waals surface area (Å²) in [6, 6.07) is 43.6. The van der Waals surface area contributed by atoms with E-state index in [2.05, 4.69) is 84.9 Å². The van der Waals surface area contributed by atoms with E-state index in [-0.39, 0.29) is 0 Å². The lowest BCUT2D eigenvalue weighted by Crippen LogP contribution is -1.83. The molecule has 8 aromatic rings. The summed E-state index contributed by atoms with van der Waals surface area (Å²) in [6.07, 6.45) is 0. The van der Waals surface area contributed by atoms with Gasteiger partial charge in [-0.15, -0.1) is 0 Å². The fourth-order valence-corrected chi connectivity index (χ4v) is 5.99. The zero-order valence-corrected chi connectivity index (χ0v) is 21.6. The molecule has 39 heavy (non-hydrogen) atoms. The second-order valence-corrected chi connectivity index (χ2v) is 10.2. The lowest BCUT2D eigenvalue weighted by Gasteiger charge is -2.08. The maximum atomic E-state index is 6.93. The molecule has 0 radical (unpaired) electrons.